The largest absolute Gasteiger partial charge is 0.481 e. The lowest BCUT2D eigenvalue weighted by atomic mass is 9.87. The molecule has 0 radical (unpaired) electrons. The number of hydrogen-bond acceptors (Lipinski definition) is 4. The summed E-state index contributed by atoms with van der Waals surface area (Å²) in [4.78, 5) is 11.2. The topological polar surface area (TPSA) is 80.9 Å². The first-order chi connectivity index (χ1) is 7.94. The summed E-state index contributed by atoms with van der Waals surface area (Å²) >= 11 is 0. The number of aromatic nitrogens is 4. The molecular formula is C11H20N4O2. The molecule has 0 amide bonds. The van der Waals surface area contributed by atoms with Gasteiger partial charge in [-0.25, -0.2) is 4.68 Å². The van der Waals surface area contributed by atoms with Crippen LogP contribution in [0.3, 0.4) is 0 Å². The molecule has 6 heteroatoms. The fourth-order valence-electron chi connectivity index (χ4n) is 1.52. The number of hydrogen-bond donors (Lipinski definition) is 1. The van der Waals surface area contributed by atoms with Gasteiger partial charge in [0, 0.05) is 5.92 Å². The van der Waals surface area contributed by atoms with Gasteiger partial charge in [-0.2, -0.15) is 0 Å². The minimum atomic E-state index is -0.822. The van der Waals surface area contributed by atoms with E-state index < -0.39 is 11.4 Å². The van der Waals surface area contributed by atoms with E-state index in [1.807, 2.05) is 13.8 Å². The van der Waals surface area contributed by atoms with Gasteiger partial charge in [0.1, 0.15) is 0 Å². The summed E-state index contributed by atoms with van der Waals surface area (Å²) in [5.41, 5.74) is -0.822. The highest BCUT2D eigenvalue weighted by Gasteiger charge is 2.33. The molecule has 0 aliphatic rings. The number of tetrazole rings is 1. The highest BCUT2D eigenvalue weighted by atomic mass is 16.4. The number of aliphatic carboxylic acids is 1. The number of carbonyl (C=O) groups is 1. The van der Waals surface area contributed by atoms with Crippen LogP contribution in [-0.4, -0.2) is 31.3 Å². The number of carboxylic acids is 1. The molecular weight excluding hydrogens is 220 g/mol. The zero-order chi connectivity index (χ0) is 13.1. The second-order valence-electron chi connectivity index (χ2n) is 4.72. The second kappa shape index (κ2) is 5.25. The Bertz CT molecular complexity index is 391. The monoisotopic (exact) mass is 240 g/mol. The van der Waals surface area contributed by atoms with Crippen molar-refractivity contribution in [2.24, 2.45) is 5.41 Å². The molecule has 1 N–H and O–H groups in total. The highest BCUT2D eigenvalue weighted by Crippen LogP contribution is 2.25. The van der Waals surface area contributed by atoms with E-state index in [9.17, 15) is 9.90 Å². The van der Waals surface area contributed by atoms with Crippen LogP contribution < -0.4 is 0 Å². The first kappa shape index (κ1) is 13.6. The summed E-state index contributed by atoms with van der Waals surface area (Å²) < 4.78 is 1.62. The Kier molecular flexibility index (Phi) is 4.20. The number of nitrogens with zero attached hydrogens (tertiary/aromatic N) is 4. The van der Waals surface area contributed by atoms with E-state index in [1.165, 1.54) is 0 Å². The predicted octanol–water partition coefficient (Wildman–Crippen LogP) is 1.69. The molecule has 0 fully saturated rings. The fourth-order valence-corrected chi connectivity index (χ4v) is 1.52. The van der Waals surface area contributed by atoms with E-state index in [2.05, 4.69) is 22.4 Å². The van der Waals surface area contributed by atoms with Crippen molar-refractivity contribution in [3.63, 3.8) is 0 Å². The van der Waals surface area contributed by atoms with Crippen molar-refractivity contribution in [3.8, 4) is 0 Å². The summed E-state index contributed by atoms with van der Waals surface area (Å²) in [6.07, 6.45) is 1.47. The van der Waals surface area contributed by atoms with Gasteiger partial charge in [0.05, 0.1) is 12.0 Å². The first-order valence-electron chi connectivity index (χ1n) is 5.94. The van der Waals surface area contributed by atoms with Crippen LogP contribution in [0.15, 0.2) is 0 Å². The maximum Gasteiger partial charge on any atom is 0.311 e. The standard InChI is InChI=1S/C11H20N4O2/c1-5-8(3)9-12-13-14-15(9)7-11(4,6-2)10(16)17/h8H,5-7H2,1-4H3,(H,16,17). The lowest BCUT2D eigenvalue weighted by molar-refractivity contribution is -0.149. The van der Waals surface area contributed by atoms with Crippen molar-refractivity contribution >= 4 is 5.97 Å². The van der Waals surface area contributed by atoms with Crippen LogP contribution in [0.25, 0.3) is 0 Å². The minimum Gasteiger partial charge on any atom is -0.481 e. The maximum atomic E-state index is 11.2. The van der Waals surface area contributed by atoms with E-state index in [1.54, 1.807) is 11.6 Å². The Labute approximate surface area is 101 Å². The van der Waals surface area contributed by atoms with Crippen LogP contribution >= 0.6 is 0 Å². The molecule has 2 atom stereocenters. The average molecular weight is 240 g/mol. The molecule has 0 saturated heterocycles. The van der Waals surface area contributed by atoms with E-state index in [4.69, 9.17) is 0 Å². The van der Waals surface area contributed by atoms with Gasteiger partial charge in [-0.3, -0.25) is 4.79 Å². The molecule has 1 heterocycles. The van der Waals surface area contributed by atoms with Gasteiger partial charge in [0.15, 0.2) is 5.82 Å². The SMILES string of the molecule is CCC(C)c1nnnn1CC(C)(CC)C(=O)O. The zero-order valence-corrected chi connectivity index (χ0v) is 10.8. The van der Waals surface area contributed by atoms with Crippen LogP contribution in [0, 0.1) is 5.41 Å². The quantitative estimate of drug-likeness (QED) is 0.818. The number of rotatable bonds is 6. The van der Waals surface area contributed by atoms with Gasteiger partial charge in [-0.05, 0) is 30.2 Å². The molecule has 1 aromatic heterocycles. The Hall–Kier alpha value is -1.46. The third-order valence-corrected chi connectivity index (χ3v) is 3.41. The van der Waals surface area contributed by atoms with Crippen molar-refractivity contribution in [1.82, 2.24) is 20.2 Å². The zero-order valence-electron chi connectivity index (χ0n) is 10.8. The molecule has 0 aromatic carbocycles. The van der Waals surface area contributed by atoms with E-state index in [0.29, 0.717) is 13.0 Å². The second-order valence-corrected chi connectivity index (χ2v) is 4.72. The van der Waals surface area contributed by atoms with Crippen molar-refractivity contribution in [1.29, 1.82) is 0 Å². The van der Waals surface area contributed by atoms with Crippen molar-refractivity contribution in [3.05, 3.63) is 5.82 Å². The Morgan fingerprint density at radius 2 is 2.18 bits per heavy atom. The van der Waals surface area contributed by atoms with Crippen LogP contribution in [0.4, 0.5) is 0 Å². The van der Waals surface area contributed by atoms with Crippen LogP contribution in [0.1, 0.15) is 52.3 Å². The molecule has 0 aliphatic carbocycles. The highest BCUT2D eigenvalue weighted by molar-refractivity contribution is 5.73. The normalized spacial score (nSPS) is 16.5. The summed E-state index contributed by atoms with van der Waals surface area (Å²) in [5.74, 6) is 0.180. The average Bonchev–Trinajstić information content (AvgIpc) is 2.75. The maximum absolute atomic E-state index is 11.2. The van der Waals surface area contributed by atoms with Gasteiger partial charge < -0.3 is 5.11 Å². The van der Waals surface area contributed by atoms with Crippen molar-refractivity contribution < 1.29 is 9.90 Å². The van der Waals surface area contributed by atoms with E-state index in [-0.39, 0.29) is 5.92 Å². The van der Waals surface area contributed by atoms with Gasteiger partial charge in [0.2, 0.25) is 0 Å². The smallest absolute Gasteiger partial charge is 0.311 e. The summed E-state index contributed by atoms with van der Waals surface area (Å²) in [6.45, 7) is 7.98. The molecule has 96 valence electrons. The summed E-state index contributed by atoms with van der Waals surface area (Å²) in [7, 11) is 0. The first-order valence-corrected chi connectivity index (χ1v) is 5.94. The molecule has 1 aromatic rings. The van der Waals surface area contributed by atoms with Gasteiger partial charge >= 0.3 is 5.97 Å². The molecule has 17 heavy (non-hydrogen) atoms. The summed E-state index contributed by atoms with van der Waals surface area (Å²) in [6, 6.07) is 0. The molecule has 1 rings (SSSR count). The Morgan fingerprint density at radius 1 is 1.53 bits per heavy atom. The van der Waals surface area contributed by atoms with Crippen LogP contribution in [0.2, 0.25) is 0 Å². The minimum absolute atomic E-state index is 0.236. The molecule has 2 unspecified atom stereocenters. The molecule has 0 spiro atoms. The fraction of sp³-hybridized carbons (Fsp3) is 0.818. The molecule has 0 saturated carbocycles. The van der Waals surface area contributed by atoms with Gasteiger partial charge in [-0.1, -0.05) is 20.8 Å². The lowest BCUT2D eigenvalue weighted by Crippen LogP contribution is -2.33. The Balaban J connectivity index is 2.95. The van der Waals surface area contributed by atoms with Crippen LogP contribution in [0.5, 0.6) is 0 Å². The van der Waals surface area contributed by atoms with E-state index in [0.717, 1.165) is 12.2 Å². The Morgan fingerprint density at radius 3 is 2.65 bits per heavy atom. The summed E-state index contributed by atoms with van der Waals surface area (Å²) in [5, 5.41) is 20.7. The molecule has 0 bridgehead atoms. The third-order valence-electron chi connectivity index (χ3n) is 3.41. The molecule has 6 nitrogen and oxygen atoms in total. The third kappa shape index (κ3) is 2.81. The lowest BCUT2D eigenvalue weighted by Gasteiger charge is -2.23. The molecule has 0 aliphatic heterocycles. The van der Waals surface area contributed by atoms with Gasteiger partial charge in [0.25, 0.3) is 0 Å². The van der Waals surface area contributed by atoms with Crippen LogP contribution in [-0.2, 0) is 11.3 Å². The predicted molar refractivity (Wildman–Crippen MR) is 62.6 cm³/mol. The van der Waals surface area contributed by atoms with Crippen molar-refractivity contribution in [2.45, 2.75) is 53.0 Å². The number of carboxylic acid groups (broad SMARTS) is 1. The van der Waals surface area contributed by atoms with Crippen molar-refractivity contribution in [2.75, 3.05) is 0 Å². The van der Waals surface area contributed by atoms with Gasteiger partial charge in [-0.15, -0.1) is 5.10 Å². The van der Waals surface area contributed by atoms with E-state index >= 15 is 0 Å².